The molecular formula is C10H12BrNS. The summed E-state index contributed by atoms with van der Waals surface area (Å²) in [6, 6.07) is 8.22. The highest BCUT2D eigenvalue weighted by molar-refractivity contribution is 9.10. The minimum absolute atomic E-state index is 0.604. The van der Waals surface area contributed by atoms with E-state index >= 15 is 0 Å². The first-order valence-corrected chi connectivity index (χ1v) is 5.42. The standard InChI is InChI=1S/C10H12BrNS/c11-9-6-2-1-4-8(9)5-3-7-10(12)13/h1-2,4,6H,3,5,7H2,(H2,12,13). The second-order valence-corrected chi connectivity index (χ2v) is 4.29. The van der Waals surface area contributed by atoms with Gasteiger partial charge in [0, 0.05) is 4.47 Å². The molecule has 0 saturated heterocycles. The zero-order valence-corrected chi connectivity index (χ0v) is 9.70. The van der Waals surface area contributed by atoms with Gasteiger partial charge in [-0.15, -0.1) is 0 Å². The fraction of sp³-hybridized carbons (Fsp3) is 0.300. The van der Waals surface area contributed by atoms with Gasteiger partial charge in [0.05, 0.1) is 4.99 Å². The Morgan fingerprint density at radius 2 is 2.08 bits per heavy atom. The van der Waals surface area contributed by atoms with Gasteiger partial charge in [-0.05, 0) is 30.9 Å². The van der Waals surface area contributed by atoms with E-state index in [-0.39, 0.29) is 0 Å². The van der Waals surface area contributed by atoms with E-state index in [1.54, 1.807) is 0 Å². The van der Waals surface area contributed by atoms with Gasteiger partial charge in [0.25, 0.3) is 0 Å². The number of hydrogen-bond acceptors (Lipinski definition) is 1. The second-order valence-electron chi connectivity index (χ2n) is 2.91. The van der Waals surface area contributed by atoms with Gasteiger partial charge in [-0.3, -0.25) is 0 Å². The Balaban J connectivity index is 2.45. The van der Waals surface area contributed by atoms with Gasteiger partial charge < -0.3 is 5.73 Å². The van der Waals surface area contributed by atoms with E-state index in [9.17, 15) is 0 Å². The van der Waals surface area contributed by atoms with E-state index in [0.717, 1.165) is 23.7 Å². The summed E-state index contributed by atoms with van der Waals surface area (Å²) in [5, 5.41) is 0. The fourth-order valence-electron chi connectivity index (χ4n) is 1.15. The van der Waals surface area contributed by atoms with Crippen LogP contribution in [0.5, 0.6) is 0 Å². The van der Waals surface area contributed by atoms with E-state index in [2.05, 4.69) is 28.1 Å². The van der Waals surface area contributed by atoms with Crippen molar-refractivity contribution >= 4 is 33.1 Å². The third-order valence-corrected chi connectivity index (χ3v) is 2.80. The molecular weight excluding hydrogens is 246 g/mol. The van der Waals surface area contributed by atoms with Crippen molar-refractivity contribution in [3.63, 3.8) is 0 Å². The molecule has 0 fully saturated rings. The van der Waals surface area contributed by atoms with Gasteiger partial charge >= 0.3 is 0 Å². The van der Waals surface area contributed by atoms with Crippen LogP contribution in [0.4, 0.5) is 0 Å². The maximum atomic E-state index is 5.41. The highest BCUT2D eigenvalue weighted by Crippen LogP contribution is 2.17. The Kier molecular flexibility index (Phi) is 4.39. The lowest BCUT2D eigenvalue weighted by Crippen LogP contribution is -2.07. The van der Waals surface area contributed by atoms with Crippen LogP contribution in [0, 0.1) is 0 Å². The molecule has 1 nitrogen and oxygen atoms in total. The number of aryl methyl sites for hydroxylation is 1. The van der Waals surface area contributed by atoms with Gasteiger partial charge in [-0.1, -0.05) is 46.3 Å². The van der Waals surface area contributed by atoms with Gasteiger partial charge in [-0.2, -0.15) is 0 Å². The molecule has 0 aliphatic rings. The third-order valence-electron chi connectivity index (χ3n) is 1.83. The van der Waals surface area contributed by atoms with Crippen molar-refractivity contribution in [2.24, 2.45) is 5.73 Å². The predicted octanol–water partition coefficient (Wildman–Crippen LogP) is 3.06. The van der Waals surface area contributed by atoms with Crippen molar-refractivity contribution < 1.29 is 0 Å². The lowest BCUT2D eigenvalue weighted by molar-refractivity contribution is 0.864. The smallest absolute Gasteiger partial charge is 0.0727 e. The molecule has 0 spiro atoms. The second kappa shape index (κ2) is 5.35. The van der Waals surface area contributed by atoms with Crippen LogP contribution in [0.25, 0.3) is 0 Å². The molecule has 3 heteroatoms. The molecule has 0 unspecified atom stereocenters. The van der Waals surface area contributed by atoms with Crippen molar-refractivity contribution in [2.75, 3.05) is 0 Å². The molecule has 1 aromatic rings. The third kappa shape index (κ3) is 3.87. The molecule has 0 aliphatic carbocycles. The van der Waals surface area contributed by atoms with Crippen LogP contribution < -0.4 is 5.73 Å². The molecule has 0 heterocycles. The van der Waals surface area contributed by atoms with Crippen molar-refractivity contribution in [3.05, 3.63) is 34.3 Å². The Labute approximate surface area is 92.5 Å². The average Bonchev–Trinajstić information content (AvgIpc) is 2.08. The number of benzene rings is 1. The molecule has 0 aromatic heterocycles. The first-order chi connectivity index (χ1) is 6.20. The summed E-state index contributed by atoms with van der Waals surface area (Å²) in [5.74, 6) is 0. The summed E-state index contributed by atoms with van der Waals surface area (Å²) >= 11 is 8.31. The molecule has 13 heavy (non-hydrogen) atoms. The zero-order valence-electron chi connectivity index (χ0n) is 7.29. The molecule has 1 aromatic carbocycles. The number of thiocarbonyl (C=S) groups is 1. The Bertz CT molecular complexity index is 299. The van der Waals surface area contributed by atoms with E-state index in [1.165, 1.54) is 5.56 Å². The molecule has 0 radical (unpaired) electrons. The van der Waals surface area contributed by atoms with Crippen LogP contribution in [-0.2, 0) is 6.42 Å². The number of halogens is 1. The quantitative estimate of drug-likeness (QED) is 0.840. The highest BCUT2D eigenvalue weighted by Gasteiger charge is 1.98. The highest BCUT2D eigenvalue weighted by atomic mass is 79.9. The van der Waals surface area contributed by atoms with Gasteiger partial charge in [-0.25, -0.2) is 0 Å². The number of rotatable bonds is 4. The van der Waals surface area contributed by atoms with E-state index in [0.29, 0.717) is 4.99 Å². The van der Waals surface area contributed by atoms with Crippen molar-refractivity contribution in [1.29, 1.82) is 0 Å². The molecule has 0 amide bonds. The zero-order chi connectivity index (χ0) is 9.68. The van der Waals surface area contributed by atoms with E-state index in [4.69, 9.17) is 18.0 Å². The molecule has 0 saturated carbocycles. The van der Waals surface area contributed by atoms with Gasteiger partial charge in [0.1, 0.15) is 0 Å². The van der Waals surface area contributed by atoms with Crippen LogP contribution in [0.3, 0.4) is 0 Å². The topological polar surface area (TPSA) is 26.0 Å². The van der Waals surface area contributed by atoms with E-state index < -0.39 is 0 Å². The maximum absolute atomic E-state index is 5.41. The molecule has 2 N–H and O–H groups in total. The SMILES string of the molecule is NC(=S)CCCc1ccccc1Br. The lowest BCUT2D eigenvalue weighted by Gasteiger charge is -2.02. The Hall–Kier alpha value is -0.410. The fourth-order valence-corrected chi connectivity index (χ4v) is 1.78. The summed E-state index contributed by atoms with van der Waals surface area (Å²) in [6.07, 6.45) is 2.88. The van der Waals surface area contributed by atoms with E-state index in [1.807, 2.05) is 12.1 Å². The molecule has 0 aliphatic heterocycles. The maximum Gasteiger partial charge on any atom is 0.0727 e. The van der Waals surface area contributed by atoms with Crippen molar-refractivity contribution in [2.45, 2.75) is 19.3 Å². The summed E-state index contributed by atoms with van der Waals surface area (Å²) in [5.41, 5.74) is 6.73. The molecule has 70 valence electrons. The van der Waals surface area contributed by atoms with Crippen LogP contribution in [-0.4, -0.2) is 4.99 Å². The van der Waals surface area contributed by atoms with Gasteiger partial charge in [0.15, 0.2) is 0 Å². The van der Waals surface area contributed by atoms with Crippen LogP contribution in [0.15, 0.2) is 28.7 Å². The first kappa shape index (κ1) is 10.7. The van der Waals surface area contributed by atoms with Crippen LogP contribution >= 0.6 is 28.1 Å². The first-order valence-electron chi connectivity index (χ1n) is 4.22. The molecule has 1 rings (SSSR count). The normalized spacial score (nSPS) is 9.92. The molecule has 0 bridgehead atoms. The summed E-state index contributed by atoms with van der Waals surface area (Å²) in [6.45, 7) is 0. The van der Waals surface area contributed by atoms with Crippen molar-refractivity contribution in [1.82, 2.24) is 0 Å². The summed E-state index contributed by atoms with van der Waals surface area (Å²) in [7, 11) is 0. The predicted molar refractivity (Wildman–Crippen MR) is 63.9 cm³/mol. The monoisotopic (exact) mass is 257 g/mol. The minimum Gasteiger partial charge on any atom is -0.393 e. The minimum atomic E-state index is 0.604. The van der Waals surface area contributed by atoms with Crippen molar-refractivity contribution in [3.8, 4) is 0 Å². The number of hydrogen-bond donors (Lipinski definition) is 1. The van der Waals surface area contributed by atoms with Gasteiger partial charge in [0.2, 0.25) is 0 Å². The lowest BCUT2D eigenvalue weighted by atomic mass is 10.1. The largest absolute Gasteiger partial charge is 0.393 e. The Morgan fingerprint density at radius 3 is 2.69 bits per heavy atom. The average molecular weight is 258 g/mol. The summed E-state index contributed by atoms with van der Waals surface area (Å²) in [4.78, 5) is 0.604. The molecule has 0 atom stereocenters. The Morgan fingerprint density at radius 1 is 1.38 bits per heavy atom. The van der Waals surface area contributed by atoms with Crippen LogP contribution in [0.2, 0.25) is 0 Å². The van der Waals surface area contributed by atoms with Crippen LogP contribution in [0.1, 0.15) is 18.4 Å². The summed E-state index contributed by atoms with van der Waals surface area (Å²) < 4.78 is 1.16. The number of nitrogens with two attached hydrogens (primary N) is 1.